The van der Waals surface area contributed by atoms with E-state index >= 15 is 0 Å². The lowest BCUT2D eigenvalue weighted by molar-refractivity contribution is 1.02. The molecule has 2 aromatic rings. The molecule has 0 aromatic carbocycles. The van der Waals surface area contributed by atoms with Gasteiger partial charge in [-0.1, -0.05) is 0 Å². The number of rotatable bonds is 0. The largest absolute Gasteiger partial charge is 0.287 e. The predicted molar refractivity (Wildman–Crippen MR) is 47.2 cm³/mol. The normalized spacial score (nSPS) is 10.2. The first-order chi connectivity index (χ1) is 6.22. The van der Waals surface area contributed by atoms with Crippen molar-refractivity contribution in [2.45, 2.75) is 13.8 Å². The fourth-order valence-corrected chi connectivity index (χ4v) is 1.35. The van der Waals surface area contributed by atoms with Crippen LogP contribution in [0.15, 0.2) is 12.4 Å². The van der Waals surface area contributed by atoms with Crippen LogP contribution in [0.5, 0.6) is 0 Å². The summed E-state index contributed by atoms with van der Waals surface area (Å²) in [6, 6.07) is 2.04. The van der Waals surface area contributed by atoms with E-state index in [1.54, 1.807) is 12.4 Å². The van der Waals surface area contributed by atoms with Gasteiger partial charge in [-0.2, -0.15) is 5.26 Å². The second-order valence-corrected chi connectivity index (χ2v) is 2.89. The third kappa shape index (κ3) is 1.05. The van der Waals surface area contributed by atoms with E-state index < -0.39 is 0 Å². The average Bonchev–Trinajstić information content (AvgIpc) is 2.42. The van der Waals surface area contributed by atoms with Crippen molar-refractivity contribution in [1.29, 1.82) is 5.26 Å². The number of aromatic nitrogens is 3. The maximum absolute atomic E-state index is 8.67. The van der Waals surface area contributed by atoms with Gasteiger partial charge < -0.3 is 0 Å². The minimum absolute atomic E-state index is 0.549. The van der Waals surface area contributed by atoms with Gasteiger partial charge in [-0.25, -0.2) is 9.97 Å². The lowest BCUT2D eigenvalue weighted by Crippen LogP contribution is -1.91. The molecule has 0 radical (unpaired) electrons. The zero-order chi connectivity index (χ0) is 9.42. The van der Waals surface area contributed by atoms with E-state index in [0.29, 0.717) is 5.56 Å². The second-order valence-electron chi connectivity index (χ2n) is 2.89. The van der Waals surface area contributed by atoms with E-state index in [1.165, 1.54) is 0 Å². The molecule has 0 aliphatic heterocycles. The highest BCUT2D eigenvalue weighted by molar-refractivity contribution is 5.46. The second kappa shape index (κ2) is 2.56. The summed E-state index contributed by atoms with van der Waals surface area (Å²) < 4.78 is 1.83. The van der Waals surface area contributed by atoms with Gasteiger partial charge in [0.15, 0.2) is 5.65 Å². The van der Waals surface area contributed by atoms with Crippen LogP contribution in [0.2, 0.25) is 0 Å². The van der Waals surface area contributed by atoms with Crippen LogP contribution in [0.25, 0.3) is 5.65 Å². The minimum atomic E-state index is 0.549. The lowest BCUT2D eigenvalue weighted by Gasteiger charge is -1.95. The minimum Gasteiger partial charge on any atom is -0.287 e. The van der Waals surface area contributed by atoms with Gasteiger partial charge in [0.2, 0.25) is 0 Å². The Kier molecular flexibility index (Phi) is 1.52. The van der Waals surface area contributed by atoms with Gasteiger partial charge in [0.1, 0.15) is 11.9 Å². The molecule has 0 atom stereocenters. The van der Waals surface area contributed by atoms with Crippen LogP contribution in [0, 0.1) is 25.2 Å². The molecule has 0 amide bonds. The molecule has 4 heteroatoms. The van der Waals surface area contributed by atoms with E-state index in [-0.39, 0.29) is 0 Å². The van der Waals surface area contributed by atoms with Crippen LogP contribution < -0.4 is 0 Å². The van der Waals surface area contributed by atoms with Gasteiger partial charge in [0.05, 0.1) is 11.3 Å². The third-order valence-corrected chi connectivity index (χ3v) is 1.95. The van der Waals surface area contributed by atoms with Crippen LogP contribution in [0.1, 0.15) is 17.1 Å². The van der Waals surface area contributed by atoms with E-state index in [0.717, 1.165) is 17.2 Å². The van der Waals surface area contributed by atoms with E-state index in [9.17, 15) is 0 Å². The highest BCUT2D eigenvalue weighted by Crippen LogP contribution is 2.09. The van der Waals surface area contributed by atoms with Crippen LogP contribution in [-0.4, -0.2) is 14.4 Å². The summed E-state index contributed by atoms with van der Waals surface area (Å²) in [6.07, 6.45) is 3.31. The maximum atomic E-state index is 8.67. The van der Waals surface area contributed by atoms with E-state index in [2.05, 4.69) is 9.97 Å². The molecule has 2 rings (SSSR count). The Balaban J connectivity index is 2.86. The molecular formula is C9H8N4. The van der Waals surface area contributed by atoms with Crippen LogP contribution in [0.3, 0.4) is 0 Å². The van der Waals surface area contributed by atoms with Crippen LogP contribution >= 0.6 is 0 Å². The first kappa shape index (κ1) is 7.74. The molecule has 0 N–H and O–H groups in total. The number of nitrogens with zero attached hydrogens (tertiary/aromatic N) is 4. The van der Waals surface area contributed by atoms with Crippen molar-refractivity contribution < 1.29 is 0 Å². The molecule has 13 heavy (non-hydrogen) atoms. The van der Waals surface area contributed by atoms with Gasteiger partial charge in [0.25, 0.3) is 0 Å². The Bertz CT molecular complexity index is 504. The molecule has 64 valence electrons. The van der Waals surface area contributed by atoms with Crippen molar-refractivity contribution >= 4 is 5.65 Å². The van der Waals surface area contributed by atoms with Crippen molar-refractivity contribution in [2.24, 2.45) is 0 Å². The summed E-state index contributed by atoms with van der Waals surface area (Å²) in [5.74, 6) is 0.858. The number of hydrogen-bond acceptors (Lipinski definition) is 3. The van der Waals surface area contributed by atoms with Crippen molar-refractivity contribution in [3.05, 3.63) is 29.5 Å². The number of nitriles is 1. The number of imidazole rings is 1. The van der Waals surface area contributed by atoms with Gasteiger partial charge in [-0.3, -0.25) is 4.40 Å². The third-order valence-electron chi connectivity index (χ3n) is 1.95. The highest BCUT2D eigenvalue weighted by Gasteiger charge is 2.05. The quantitative estimate of drug-likeness (QED) is 0.600. The molecule has 0 saturated heterocycles. The summed E-state index contributed by atoms with van der Waals surface area (Å²) in [7, 11) is 0. The Labute approximate surface area is 75.5 Å². The van der Waals surface area contributed by atoms with E-state index in [1.807, 2.05) is 24.3 Å². The number of fused-ring (bicyclic) bond motifs is 1. The molecule has 0 aliphatic rings. The maximum Gasteiger partial charge on any atom is 0.159 e. The van der Waals surface area contributed by atoms with Crippen molar-refractivity contribution in [1.82, 2.24) is 14.4 Å². The van der Waals surface area contributed by atoms with Gasteiger partial charge in [-0.05, 0) is 13.8 Å². The fourth-order valence-electron chi connectivity index (χ4n) is 1.35. The molecule has 0 aliphatic carbocycles. The molecule has 0 fully saturated rings. The zero-order valence-electron chi connectivity index (χ0n) is 7.44. The Morgan fingerprint density at radius 2 is 2.23 bits per heavy atom. The standard InChI is InChI=1S/C9H8N4/c1-6-9-11-4-8(3-10)5-13(9)7(2)12-6/h4-5H,1-2H3. The van der Waals surface area contributed by atoms with Crippen molar-refractivity contribution in [3.63, 3.8) is 0 Å². The average molecular weight is 172 g/mol. The molecule has 2 heterocycles. The van der Waals surface area contributed by atoms with Crippen molar-refractivity contribution in [3.8, 4) is 6.07 Å². The van der Waals surface area contributed by atoms with Gasteiger partial charge in [-0.15, -0.1) is 0 Å². The highest BCUT2D eigenvalue weighted by atomic mass is 15.1. The molecule has 0 unspecified atom stereocenters. The Morgan fingerprint density at radius 3 is 2.92 bits per heavy atom. The predicted octanol–water partition coefficient (Wildman–Crippen LogP) is 1.22. The van der Waals surface area contributed by atoms with Gasteiger partial charge in [0, 0.05) is 12.4 Å². The molecular weight excluding hydrogens is 164 g/mol. The topological polar surface area (TPSA) is 54.0 Å². The van der Waals surface area contributed by atoms with Crippen LogP contribution in [0.4, 0.5) is 0 Å². The number of hydrogen-bond donors (Lipinski definition) is 0. The molecule has 4 nitrogen and oxygen atoms in total. The molecule has 0 bridgehead atoms. The lowest BCUT2D eigenvalue weighted by atomic mass is 10.4. The Hall–Kier alpha value is -1.89. The number of aryl methyl sites for hydroxylation is 2. The summed E-state index contributed by atoms with van der Waals surface area (Å²) in [5, 5.41) is 8.67. The Morgan fingerprint density at radius 1 is 1.46 bits per heavy atom. The molecule has 2 aromatic heterocycles. The van der Waals surface area contributed by atoms with Crippen LogP contribution in [-0.2, 0) is 0 Å². The summed E-state index contributed by atoms with van der Waals surface area (Å²) in [6.45, 7) is 3.80. The SMILES string of the molecule is Cc1nc(C)n2cc(C#N)cnc12. The first-order valence-corrected chi connectivity index (χ1v) is 3.94. The fraction of sp³-hybridized carbons (Fsp3) is 0.222. The van der Waals surface area contributed by atoms with E-state index in [4.69, 9.17) is 5.26 Å². The summed E-state index contributed by atoms with van der Waals surface area (Å²) in [5.41, 5.74) is 2.26. The zero-order valence-corrected chi connectivity index (χ0v) is 7.44. The molecule has 0 saturated carbocycles. The summed E-state index contributed by atoms with van der Waals surface area (Å²) >= 11 is 0. The van der Waals surface area contributed by atoms with Gasteiger partial charge >= 0.3 is 0 Å². The first-order valence-electron chi connectivity index (χ1n) is 3.94. The smallest absolute Gasteiger partial charge is 0.159 e. The van der Waals surface area contributed by atoms with Crippen molar-refractivity contribution in [2.75, 3.05) is 0 Å². The summed E-state index contributed by atoms with van der Waals surface area (Å²) in [4.78, 5) is 8.41. The molecule has 0 spiro atoms. The monoisotopic (exact) mass is 172 g/mol.